The number of anilines is 1. The SMILES string of the molecule is Clc1cncnc1N1CCCN(CCCc2ccccc2)CC1. The minimum atomic E-state index is 0.644. The van der Waals surface area contributed by atoms with Crippen molar-refractivity contribution in [3.63, 3.8) is 0 Å². The van der Waals surface area contributed by atoms with Crippen LogP contribution in [0.15, 0.2) is 42.9 Å². The molecule has 3 rings (SSSR count). The second kappa shape index (κ2) is 8.27. The van der Waals surface area contributed by atoms with Crippen LogP contribution in [0.3, 0.4) is 0 Å². The van der Waals surface area contributed by atoms with Crippen LogP contribution in [0, 0.1) is 0 Å². The van der Waals surface area contributed by atoms with E-state index in [9.17, 15) is 0 Å². The Bertz CT molecular complexity index is 605. The maximum atomic E-state index is 6.22. The van der Waals surface area contributed by atoms with E-state index in [1.807, 2.05) is 0 Å². The van der Waals surface area contributed by atoms with Crippen molar-refractivity contribution in [3.05, 3.63) is 53.4 Å². The summed E-state index contributed by atoms with van der Waals surface area (Å²) < 4.78 is 0. The Morgan fingerprint density at radius 3 is 2.74 bits per heavy atom. The quantitative estimate of drug-likeness (QED) is 0.842. The van der Waals surface area contributed by atoms with Gasteiger partial charge in [0.1, 0.15) is 11.3 Å². The lowest BCUT2D eigenvalue weighted by Gasteiger charge is -2.23. The molecule has 0 aliphatic carbocycles. The molecular formula is C18H23ClN4. The van der Waals surface area contributed by atoms with Gasteiger partial charge in [-0.3, -0.25) is 0 Å². The number of hydrogen-bond donors (Lipinski definition) is 0. The summed E-state index contributed by atoms with van der Waals surface area (Å²) in [5.74, 6) is 0.868. The summed E-state index contributed by atoms with van der Waals surface area (Å²) >= 11 is 6.22. The maximum absolute atomic E-state index is 6.22. The Kier molecular flexibility index (Phi) is 5.83. The van der Waals surface area contributed by atoms with Crippen molar-refractivity contribution in [2.75, 3.05) is 37.6 Å². The van der Waals surface area contributed by atoms with Gasteiger partial charge in [-0.15, -0.1) is 0 Å². The van der Waals surface area contributed by atoms with Crippen LogP contribution in [0.1, 0.15) is 18.4 Å². The van der Waals surface area contributed by atoms with Gasteiger partial charge in [0.05, 0.1) is 6.20 Å². The fourth-order valence-corrected chi connectivity index (χ4v) is 3.32. The fraction of sp³-hybridized carbons (Fsp3) is 0.444. The van der Waals surface area contributed by atoms with E-state index in [4.69, 9.17) is 11.6 Å². The first-order valence-corrected chi connectivity index (χ1v) is 8.67. The van der Waals surface area contributed by atoms with Crippen LogP contribution in [-0.4, -0.2) is 47.6 Å². The zero-order valence-corrected chi connectivity index (χ0v) is 14.1. The van der Waals surface area contributed by atoms with Gasteiger partial charge in [-0.1, -0.05) is 41.9 Å². The van der Waals surface area contributed by atoms with Gasteiger partial charge in [-0.2, -0.15) is 0 Å². The smallest absolute Gasteiger partial charge is 0.150 e. The lowest BCUT2D eigenvalue weighted by molar-refractivity contribution is 0.290. The molecule has 4 nitrogen and oxygen atoms in total. The summed E-state index contributed by atoms with van der Waals surface area (Å²) in [6.45, 7) is 5.34. The largest absolute Gasteiger partial charge is 0.354 e. The van der Waals surface area contributed by atoms with Crippen LogP contribution in [0.2, 0.25) is 5.02 Å². The van der Waals surface area contributed by atoms with Gasteiger partial charge >= 0.3 is 0 Å². The highest BCUT2D eigenvalue weighted by Gasteiger charge is 2.17. The van der Waals surface area contributed by atoms with Gasteiger partial charge < -0.3 is 9.80 Å². The monoisotopic (exact) mass is 330 g/mol. The predicted molar refractivity (Wildman–Crippen MR) is 95.1 cm³/mol. The molecule has 1 fully saturated rings. The summed E-state index contributed by atoms with van der Waals surface area (Å²) in [4.78, 5) is 13.1. The average molecular weight is 331 g/mol. The molecule has 122 valence electrons. The molecule has 2 heterocycles. The molecule has 0 radical (unpaired) electrons. The molecule has 1 aromatic carbocycles. The number of rotatable bonds is 5. The maximum Gasteiger partial charge on any atom is 0.150 e. The van der Waals surface area contributed by atoms with Crippen molar-refractivity contribution in [1.82, 2.24) is 14.9 Å². The van der Waals surface area contributed by atoms with Crippen LogP contribution in [0.5, 0.6) is 0 Å². The molecule has 1 aliphatic heterocycles. The summed E-state index contributed by atoms with van der Waals surface area (Å²) in [5, 5.41) is 0.644. The summed E-state index contributed by atoms with van der Waals surface area (Å²) in [7, 11) is 0. The van der Waals surface area contributed by atoms with Gasteiger partial charge in [-0.05, 0) is 37.9 Å². The second-order valence-corrected chi connectivity index (χ2v) is 6.37. The molecule has 0 amide bonds. The molecule has 1 aromatic heterocycles. The van der Waals surface area contributed by atoms with Crippen molar-refractivity contribution in [3.8, 4) is 0 Å². The number of aromatic nitrogens is 2. The standard InChI is InChI=1S/C18H23ClN4/c19-17-14-20-15-21-18(17)23-11-5-10-22(12-13-23)9-4-8-16-6-2-1-3-7-16/h1-3,6-7,14-15H,4-5,8-13H2. The van der Waals surface area contributed by atoms with Gasteiger partial charge in [-0.25, -0.2) is 9.97 Å². The number of aryl methyl sites for hydroxylation is 1. The molecule has 1 saturated heterocycles. The molecule has 0 bridgehead atoms. The van der Waals surface area contributed by atoms with Gasteiger partial charge in [0.15, 0.2) is 5.82 Å². The molecule has 5 heteroatoms. The normalized spacial score (nSPS) is 16.3. The van der Waals surface area contributed by atoms with Crippen molar-refractivity contribution in [1.29, 1.82) is 0 Å². The van der Waals surface area contributed by atoms with Crippen LogP contribution in [0.4, 0.5) is 5.82 Å². The molecule has 0 saturated carbocycles. The molecule has 0 atom stereocenters. The van der Waals surface area contributed by atoms with Crippen LogP contribution >= 0.6 is 11.6 Å². The van der Waals surface area contributed by atoms with Crippen molar-refractivity contribution < 1.29 is 0 Å². The third kappa shape index (κ3) is 4.66. The van der Waals surface area contributed by atoms with E-state index in [1.54, 1.807) is 12.5 Å². The highest BCUT2D eigenvalue weighted by atomic mass is 35.5. The highest BCUT2D eigenvalue weighted by Crippen LogP contribution is 2.22. The zero-order valence-electron chi connectivity index (χ0n) is 13.4. The third-order valence-corrected chi connectivity index (χ3v) is 4.59. The van der Waals surface area contributed by atoms with Crippen molar-refractivity contribution in [2.24, 2.45) is 0 Å². The highest BCUT2D eigenvalue weighted by molar-refractivity contribution is 6.32. The van der Waals surface area contributed by atoms with E-state index in [0.717, 1.165) is 51.4 Å². The molecular weight excluding hydrogens is 308 g/mol. The predicted octanol–water partition coefficient (Wildman–Crippen LogP) is 3.27. The number of halogens is 1. The van der Waals surface area contributed by atoms with Gasteiger partial charge in [0.2, 0.25) is 0 Å². The van der Waals surface area contributed by atoms with E-state index in [2.05, 4.69) is 50.1 Å². The van der Waals surface area contributed by atoms with Crippen molar-refractivity contribution >= 4 is 17.4 Å². The Labute approximate surface area is 143 Å². The first kappa shape index (κ1) is 16.2. The number of nitrogens with zero attached hydrogens (tertiary/aromatic N) is 4. The minimum absolute atomic E-state index is 0.644. The van der Waals surface area contributed by atoms with E-state index in [-0.39, 0.29) is 0 Å². The summed E-state index contributed by atoms with van der Waals surface area (Å²) in [6.07, 6.45) is 6.75. The Morgan fingerprint density at radius 2 is 1.91 bits per heavy atom. The second-order valence-electron chi connectivity index (χ2n) is 5.97. The molecule has 0 spiro atoms. The fourth-order valence-electron chi connectivity index (χ4n) is 3.10. The summed E-state index contributed by atoms with van der Waals surface area (Å²) in [6, 6.07) is 10.7. The van der Waals surface area contributed by atoms with Crippen LogP contribution < -0.4 is 4.90 Å². The van der Waals surface area contributed by atoms with Crippen LogP contribution in [-0.2, 0) is 6.42 Å². The lowest BCUT2D eigenvalue weighted by atomic mass is 10.1. The van der Waals surface area contributed by atoms with Gasteiger partial charge in [0.25, 0.3) is 0 Å². The average Bonchev–Trinajstić information content (AvgIpc) is 2.82. The number of hydrogen-bond acceptors (Lipinski definition) is 4. The first-order valence-electron chi connectivity index (χ1n) is 8.29. The van der Waals surface area contributed by atoms with E-state index >= 15 is 0 Å². The minimum Gasteiger partial charge on any atom is -0.354 e. The van der Waals surface area contributed by atoms with E-state index in [1.165, 1.54) is 12.0 Å². The third-order valence-electron chi connectivity index (χ3n) is 4.32. The molecule has 2 aromatic rings. The van der Waals surface area contributed by atoms with Crippen LogP contribution in [0.25, 0.3) is 0 Å². The topological polar surface area (TPSA) is 32.3 Å². The van der Waals surface area contributed by atoms with Crippen molar-refractivity contribution in [2.45, 2.75) is 19.3 Å². The van der Waals surface area contributed by atoms with Gasteiger partial charge in [0, 0.05) is 19.6 Å². The Balaban J connectivity index is 1.48. The Hall–Kier alpha value is -1.65. The molecule has 0 unspecified atom stereocenters. The summed E-state index contributed by atoms with van der Waals surface area (Å²) in [5.41, 5.74) is 1.43. The Morgan fingerprint density at radius 1 is 1.04 bits per heavy atom. The first-order chi connectivity index (χ1) is 11.3. The number of benzene rings is 1. The zero-order chi connectivity index (χ0) is 15.9. The van der Waals surface area contributed by atoms with E-state index in [0.29, 0.717) is 5.02 Å². The molecule has 23 heavy (non-hydrogen) atoms. The molecule has 0 N–H and O–H groups in total. The van der Waals surface area contributed by atoms with E-state index < -0.39 is 0 Å². The lowest BCUT2D eigenvalue weighted by Crippen LogP contribution is -2.32. The molecule has 1 aliphatic rings.